The van der Waals surface area contributed by atoms with Gasteiger partial charge in [-0.3, -0.25) is 4.79 Å². The van der Waals surface area contributed by atoms with Crippen LogP contribution in [0.1, 0.15) is 50.2 Å². The molecule has 3 heteroatoms. The molecule has 2 atom stereocenters. The minimum Gasteiger partial charge on any atom is -0.327 e. The van der Waals surface area contributed by atoms with Gasteiger partial charge in [-0.2, -0.15) is 0 Å². The van der Waals surface area contributed by atoms with Crippen LogP contribution in [0.2, 0.25) is 0 Å². The van der Waals surface area contributed by atoms with Gasteiger partial charge in [0.2, 0.25) is 5.91 Å². The molecule has 0 saturated heterocycles. The highest BCUT2D eigenvalue weighted by atomic mass is 16.2. The Labute approximate surface area is 140 Å². The van der Waals surface area contributed by atoms with Crippen LogP contribution in [0.5, 0.6) is 0 Å². The lowest BCUT2D eigenvalue weighted by molar-refractivity contribution is -0.125. The number of hydrogen-bond donors (Lipinski definition) is 1. The molecule has 0 aromatic heterocycles. The van der Waals surface area contributed by atoms with E-state index in [0.29, 0.717) is 23.8 Å². The Morgan fingerprint density at radius 2 is 1.87 bits per heavy atom. The minimum absolute atomic E-state index is 0.157. The Kier molecular flexibility index (Phi) is 4.77. The molecule has 0 aliphatic heterocycles. The molecule has 2 aliphatic carbocycles. The van der Waals surface area contributed by atoms with E-state index in [9.17, 15) is 4.79 Å². The van der Waals surface area contributed by atoms with E-state index in [-0.39, 0.29) is 5.92 Å². The number of anilines is 1. The summed E-state index contributed by atoms with van der Waals surface area (Å²) >= 11 is 0. The third kappa shape index (κ3) is 3.03. The van der Waals surface area contributed by atoms with Crippen molar-refractivity contribution >= 4 is 11.6 Å². The van der Waals surface area contributed by atoms with E-state index in [0.717, 1.165) is 25.1 Å². The van der Waals surface area contributed by atoms with Crippen LogP contribution in [-0.4, -0.2) is 18.5 Å². The van der Waals surface area contributed by atoms with Crippen LogP contribution in [0.25, 0.3) is 0 Å². The van der Waals surface area contributed by atoms with Gasteiger partial charge in [0.1, 0.15) is 0 Å². The molecular weight excluding hydrogens is 284 g/mol. The van der Waals surface area contributed by atoms with Crippen molar-refractivity contribution in [3.8, 4) is 0 Å². The van der Waals surface area contributed by atoms with Crippen molar-refractivity contribution in [2.75, 3.05) is 11.4 Å². The van der Waals surface area contributed by atoms with Crippen LogP contribution in [-0.2, 0) is 4.79 Å². The molecule has 1 aromatic rings. The quantitative estimate of drug-likeness (QED) is 0.922. The van der Waals surface area contributed by atoms with Gasteiger partial charge in [0.25, 0.3) is 0 Å². The van der Waals surface area contributed by atoms with E-state index in [1.54, 1.807) is 0 Å². The van der Waals surface area contributed by atoms with Crippen molar-refractivity contribution in [1.29, 1.82) is 0 Å². The maximum Gasteiger partial charge on any atom is 0.230 e. The fourth-order valence-electron chi connectivity index (χ4n) is 4.68. The van der Waals surface area contributed by atoms with E-state index < -0.39 is 0 Å². The van der Waals surface area contributed by atoms with Gasteiger partial charge < -0.3 is 10.6 Å². The van der Waals surface area contributed by atoms with Crippen molar-refractivity contribution in [2.45, 2.75) is 58.9 Å². The number of aryl methyl sites for hydroxylation is 1. The van der Waals surface area contributed by atoms with Gasteiger partial charge in [0.15, 0.2) is 0 Å². The second-order valence-corrected chi connectivity index (χ2v) is 7.50. The van der Waals surface area contributed by atoms with Gasteiger partial charge in [0, 0.05) is 24.2 Å². The van der Waals surface area contributed by atoms with E-state index in [1.807, 2.05) is 4.90 Å². The van der Waals surface area contributed by atoms with Crippen molar-refractivity contribution in [2.24, 2.45) is 23.5 Å². The Morgan fingerprint density at radius 1 is 1.22 bits per heavy atom. The van der Waals surface area contributed by atoms with Crippen LogP contribution < -0.4 is 10.6 Å². The molecular formula is C20H30N2O. The van der Waals surface area contributed by atoms with Crippen LogP contribution in [0.15, 0.2) is 18.2 Å². The fraction of sp³-hybridized carbons (Fsp3) is 0.650. The SMILES string of the molecule is CCN(C(=O)C1CC2CCCC(C1)C2N)c1cccc(C)c1C. The molecule has 3 nitrogen and oxygen atoms in total. The van der Waals surface area contributed by atoms with Gasteiger partial charge in [0.05, 0.1) is 0 Å². The zero-order chi connectivity index (χ0) is 16.6. The lowest BCUT2D eigenvalue weighted by atomic mass is 9.65. The summed E-state index contributed by atoms with van der Waals surface area (Å²) in [7, 11) is 0. The van der Waals surface area contributed by atoms with E-state index in [2.05, 4.69) is 39.0 Å². The van der Waals surface area contributed by atoms with Gasteiger partial charge >= 0.3 is 0 Å². The van der Waals surface area contributed by atoms with Crippen molar-refractivity contribution < 1.29 is 4.79 Å². The summed E-state index contributed by atoms with van der Waals surface area (Å²) in [6, 6.07) is 6.57. The van der Waals surface area contributed by atoms with Crippen LogP contribution in [0, 0.1) is 31.6 Å². The molecule has 2 N–H and O–H groups in total. The standard InChI is InChI=1S/C20H30N2O/c1-4-22(18-10-5-7-13(2)14(18)3)20(23)17-11-15-8-6-9-16(12-17)19(15)21/h5,7,10,15-17,19H,4,6,8-9,11-12,21H2,1-3H3. The molecule has 3 rings (SSSR count). The number of benzene rings is 1. The smallest absolute Gasteiger partial charge is 0.230 e. The minimum atomic E-state index is 0.157. The summed E-state index contributed by atoms with van der Waals surface area (Å²) in [5.41, 5.74) is 9.93. The van der Waals surface area contributed by atoms with Crippen molar-refractivity contribution in [1.82, 2.24) is 0 Å². The largest absolute Gasteiger partial charge is 0.327 e. The first-order valence-electron chi connectivity index (χ1n) is 9.16. The summed E-state index contributed by atoms with van der Waals surface area (Å²) in [6.07, 6.45) is 5.67. The highest BCUT2D eigenvalue weighted by Crippen LogP contribution is 2.42. The number of fused-ring (bicyclic) bond motifs is 2. The summed E-state index contributed by atoms with van der Waals surface area (Å²) in [5.74, 6) is 1.57. The van der Waals surface area contributed by atoms with Gasteiger partial charge in [-0.25, -0.2) is 0 Å². The van der Waals surface area contributed by atoms with Crippen molar-refractivity contribution in [3.63, 3.8) is 0 Å². The second kappa shape index (κ2) is 6.64. The average molecular weight is 314 g/mol. The fourth-order valence-corrected chi connectivity index (χ4v) is 4.68. The van der Waals surface area contributed by atoms with Crippen LogP contribution >= 0.6 is 0 Å². The molecule has 0 heterocycles. The van der Waals surface area contributed by atoms with Gasteiger partial charge in [-0.1, -0.05) is 18.6 Å². The number of rotatable bonds is 3. The van der Waals surface area contributed by atoms with Crippen molar-refractivity contribution in [3.05, 3.63) is 29.3 Å². The highest BCUT2D eigenvalue weighted by molar-refractivity contribution is 5.96. The zero-order valence-corrected chi connectivity index (χ0v) is 14.7. The molecule has 2 aliphatic rings. The number of hydrogen-bond acceptors (Lipinski definition) is 2. The first-order chi connectivity index (χ1) is 11.0. The maximum atomic E-state index is 13.2. The number of carbonyl (C=O) groups is 1. The number of amides is 1. The topological polar surface area (TPSA) is 46.3 Å². The maximum absolute atomic E-state index is 13.2. The molecule has 0 radical (unpaired) electrons. The first kappa shape index (κ1) is 16.5. The third-order valence-electron chi connectivity index (χ3n) is 6.21. The van der Waals surface area contributed by atoms with Gasteiger partial charge in [-0.05, 0) is 75.5 Å². The van der Waals surface area contributed by atoms with Gasteiger partial charge in [-0.15, -0.1) is 0 Å². The summed E-state index contributed by atoms with van der Waals surface area (Å²) in [4.78, 5) is 15.2. The average Bonchev–Trinajstić information content (AvgIpc) is 2.51. The summed E-state index contributed by atoms with van der Waals surface area (Å²) < 4.78 is 0. The summed E-state index contributed by atoms with van der Waals surface area (Å²) in [5, 5.41) is 0. The molecule has 2 unspecified atom stereocenters. The second-order valence-electron chi connectivity index (χ2n) is 7.50. The lowest BCUT2D eigenvalue weighted by Crippen LogP contribution is -2.50. The van der Waals surface area contributed by atoms with E-state index in [4.69, 9.17) is 5.73 Å². The predicted octanol–water partition coefficient (Wildman–Crippen LogP) is 3.81. The molecule has 2 saturated carbocycles. The number of carbonyl (C=O) groups excluding carboxylic acids is 1. The van der Waals surface area contributed by atoms with Crippen LogP contribution in [0.3, 0.4) is 0 Å². The van der Waals surface area contributed by atoms with Crippen LogP contribution in [0.4, 0.5) is 5.69 Å². The first-order valence-corrected chi connectivity index (χ1v) is 9.16. The predicted molar refractivity (Wildman–Crippen MR) is 95.5 cm³/mol. The summed E-state index contributed by atoms with van der Waals surface area (Å²) in [6.45, 7) is 7.05. The molecule has 0 spiro atoms. The highest BCUT2D eigenvalue weighted by Gasteiger charge is 2.41. The normalized spacial score (nSPS) is 30.1. The monoisotopic (exact) mass is 314 g/mol. The van der Waals surface area contributed by atoms with E-state index >= 15 is 0 Å². The Morgan fingerprint density at radius 3 is 2.48 bits per heavy atom. The number of nitrogens with zero attached hydrogens (tertiary/aromatic N) is 1. The van der Waals surface area contributed by atoms with E-state index in [1.165, 1.54) is 30.4 Å². The Balaban J connectivity index is 1.82. The molecule has 2 fully saturated rings. The molecule has 23 heavy (non-hydrogen) atoms. The molecule has 126 valence electrons. The molecule has 1 amide bonds. The zero-order valence-electron chi connectivity index (χ0n) is 14.7. The number of nitrogens with two attached hydrogens (primary N) is 1. The Hall–Kier alpha value is -1.35. The molecule has 2 bridgehead atoms. The Bertz CT molecular complexity index is 569. The third-order valence-corrected chi connectivity index (χ3v) is 6.21. The lowest BCUT2D eigenvalue weighted by Gasteiger charge is -2.44. The molecule has 1 aromatic carbocycles.